The summed E-state index contributed by atoms with van der Waals surface area (Å²) in [7, 11) is 1.63. The van der Waals surface area contributed by atoms with E-state index in [4.69, 9.17) is 15.4 Å². The van der Waals surface area contributed by atoms with Crippen LogP contribution in [0.15, 0.2) is 36.4 Å². The van der Waals surface area contributed by atoms with Crippen molar-refractivity contribution < 1.29 is 4.74 Å². The summed E-state index contributed by atoms with van der Waals surface area (Å²) in [4.78, 5) is 0. The van der Waals surface area contributed by atoms with Crippen LogP contribution >= 0.6 is 0 Å². The smallest absolute Gasteiger partial charge is 0.141 e. The fourth-order valence-corrected chi connectivity index (χ4v) is 1.86. The Bertz CT molecular complexity index is 668. The van der Waals surface area contributed by atoms with Gasteiger partial charge in [-0.2, -0.15) is 10.4 Å². The van der Waals surface area contributed by atoms with Gasteiger partial charge < -0.3 is 4.74 Å². The van der Waals surface area contributed by atoms with E-state index in [1.165, 1.54) is 0 Å². The third-order valence-electron chi connectivity index (χ3n) is 2.95. The number of nitrogens with one attached hydrogen (secondary N) is 1. The maximum atomic E-state index is 8.56. The molecule has 2 aromatic rings. The SMILES string of the molecule is COc1ccc(-c2ccc(=N)n(CCCC#N)n2)cc1. The number of nitriles is 1. The molecule has 0 aliphatic rings. The topological polar surface area (TPSA) is 74.7 Å². The molecule has 20 heavy (non-hydrogen) atoms. The summed E-state index contributed by atoms with van der Waals surface area (Å²) in [5.41, 5.74) is 2.13. The van der Waals surface area contributed by atoms with Crippen LogP contribution in [0.4, 0.5) is 0 Å². The maximum Gasteiger partial charge on any atom is 0.141 e. The van der Waals surface area contributed by atoms with Crippen LogP contribution in [-0.2, 0) is 6.54 Å². The Morgan fingerprint density at radius 3 is 2.65 bits per heavy atom. The highest BCUT2D eigenvalue weighted by Crippen LogP contribution is 2.19. The lowest BCUT2D eigenvalue weighted by atomic mass is 10.1. The minimum Gasteiger partial charge on any atom is -0.497 e. The van der Waals surface area contributed by atoms with E-state index in [-0.39, 0.29) is 0 Å². The van der Waals surface area contributed by atoms with Gasteiger partial charge in [0.15, 0.2) is 0 Å². The highest BCUT2D eigenvalue weighted by atomic mass is 16.5. The van der Waals surface area contributed by atoms with Crippen molar-refractivity contribution in [2.45, 2.75) is 19.4 Å². The zero-order valence-corrected chi connectivity index (χ0v) is 11.3. The summed E-state index contributed by atoms with van der Waals surface area (Å²) in [6, 6.07) is 13.3. The van der Waals surface area contributed by atoms with Crippen LogP contribution in [0.2, 0.25) is 0 Å². The lowest BCUT2D eigenvalue weighted by Crippen LogP contribution is -2.22. The number of ether oxygens (including phenoxy) is 1. The number of aromatic nitrogens is 2. The Labute approximate surface area is 117 Å². The van der Waals surface area contributed by atoms with Crippen LogP contribution in [0.5, 0.6) is 5.75 Å². The van der Waals surface area contributed by atoms with Crippen molar-refractivity contribution in [3.8, 4) is 23.1 Å². The molecule has 1 aromatic heterocycles. The summed E-state index contributed by atoms with van der Waals surface area (Å²) in [6.07, 6.45) is 1.17. The van der Waals surface area contributed by atoms with E-state index >= 15 is 0 Å². The molecule has 1 N–H and O–H groups in total. The van der Waals surface area contributed by atoms with E-state index in [1.54, 1.807) is 17.9 Å². The number of nitrogens with zero attached hydrogens (tertiary/aromatic N) is 3. The number of aryl methyl sites for hydroxylation is 1. The van der Waals surface area contributed by atoms with Gasteiger partial charge in [-0.15, -0.1) is 0 Å². The first-order valence-corrected chi connectivity index (χ1v) is 6.39. The largest absolute Gasteiger partial charge is 0.497 e. The predicted octanol–water partition coefficient (Wildman–Crippen LogP) is 2.34. The Morgan fingerprint density at radius 1 is 1.25 bits per heavy atom. The first kappa shape index (κ1) is 13.8. The fraction of sp³-hybridized carbons (Fsp3) is 0.267. The maximum absolute atomic E-state index is 8.56. The molecule has 0 bridgehead atoms. The molecule has 102 valence electrons. The first-order chi connectivity index (χ1) is 9.74. The van der Waals surface area contributed by atoms with Crippen LogP contribution in [0.25, 0.3) is 11.3 Å². The molecular weight excluding hydrogens is 252 g/mol. The lowest BCUT2D eigenvalue weighted by molar-refractivity contribution is 0.415. The van der Waals surface area contributed by atoms with Crippen molar-refractivity contribution in [1.82, 2.24) is 9.78 Å². The van der Waals surface area contributed by atoms with E-state index in [1.807, 2.05) is 30.3 Å². The minimum atomic E-state index is 0.347. The number of unbranched alkanes of at least 4 members (excludes halogenated alkanes) is 1. The zero-order valence-electron chi connectivity index (χ0n) is 11.3. The van der Waals surface area contributed by atoms with Crippen molar-refractivity contribution in [1.29, 1.82) is 10.7 Å². The molecule has 0 aliphatic heterocycles. The average molecular weight is 268 g/mol. The number of methoxy groups -OCH3 is 1. The molecule has 2 rings (SSSR count). The molecule has 5 heteroatoms. The first-order valence-electron chi connectivity index (χ1n) is 6.39. The number of hydrogen-bond acceptors (Lipinski definition) is 4. The molecule has 0 fully saturated rings. The van der Waals surface area contributed by atoms with Crippen molar-refractivity contribution in [3.63, 3.8) is 0 Å². The van der Waals surface area contributed by atoms with E-state index < -0.39 is 0 Å². The number of benzene rings is 1. The Balaban J connectivity index is 2.25. The fourth-order valence-electron chi connectivity index (χ4n) is 1.86. The van der Waals surface area contributed by atoms with Gasteiger partial charge in [0.1, 0.15) is 11.2 Å². The van der Waals surface area contributed by atoms with Crippen LogP contribution < -0.4 is 10.2 Å². The summed E-state index contributed by atoms with van der Waals surface area (Å²) in [5, 5.41) is 20.8. The normalized spacial score (nSPS) is 10.0. The average Bonchev–Trinajstić information content (AvgIpc) is 2.49. The van der Waals surface area contributed by atoms with Gasteiger partial charge in [-0.1, -0.05) is 0 Å². The molecule has 0 atom stereocenters. The molecule has 0 saturated carbocycles. The van der Waals surface area contributed by atoms with Gasteiger partial charge in [-0.3, -0.25) is 5.41 Å². The molecule has 0 amide bonds. The highest BCUT2D eigenvalue weighted by molar-refractivity contribution is 5.59. The second-order valence-electron chi connectivity index (χ2n) is 4.32. The standard InChI is InChI=1S/C15H16N4O/c1-20-13-6-4-12(5-7-13)14-8-9-15(17)19(18-14)11-3-2-10-16/h4-9,17H,2-3,11H2,1H3. The summed E-state index contributed by atoms with van der Waals surface area (Å²) < 4.78 is 6.75. The third-order valence-corrected chi connectivity index (χ3v) is 2.95. The Morgan fingerprint density at radius 2 is 2.00 bits per heavy atom. The molecule has 0 spiro atoms. The van der Waals surface area contributed by atoms with Crippen LogP contribution in [-0.4, -0.2) is 16.9 Å². The zero-order chi connectivity index (χ0) is 14.4. The van der Waals surface area contributed by atoms with Crippen LogP contribution in [0.3, 0.4) is 0 Å². The van der Waals surface area contributed by atoms with Gasteiger partial charge in [-0.05, 0) is 42.8 Å². The quantitative estimate of drug-likeness (QED) is 0.846. The van der Waals surface area contributed by atoms with Crippen LogP contribution in [0.1, 0.15) is 12.8 Å². The molecular formula is C15H16N4O. The van der Waals surface area contributed by atoms with E-state index in [2.05, 4.69) is 11.2 Å². The van der Waals surface area contributed by atoms with E-state index in [0.29, 0.717) is 24.9 Å². The summed E-state index contributed by atoms with van der Waals surface area (Å²) >= 11 is 0. The van der Waals surface area contributed by atoms with Gasteiger partial charge in [0.25, 0.3) is 0 Å². The van der Waals surface area contributed by atoms with Gasteiger partial charge in [0.2, 0.25) is 0 Å². The van der Waals surface area contributed by atoms with Crippen molar-refractivity contribution >= 4 is 0 Å². The predicted molar refractivity (Wildman–Crippen MR) is 74.9 cm³/mol. The molecule has 0 saturated heterocycles. The number of rotatable bonds is 5. The molecule has 1 heterocycles. The van der Waals surface area contributed by atoms with Crippen LogP contribution in [0, 0.1) is 16.7 Å². The van der Waals surface area contributed by atoms with Gasteiger partial charge in [-0.25, -0.2) is 4.68 Å². The van der Waals surface area contributed by atoms with Gasteiger partial charge in [0, 0.05) is 18.5 Å². The summed E-state index contributed by atoms with van der Waals surface area (Å²) in [5.74, 6) is 0.799. The molecule has 0 unspecified atom stereocenters. The monoisotopic (exact) mass is 268 g/mol. The number of hydrogen-bond donors (Lipinski definition) is 1. The van der Waals surface area contributed by atoms with Crippen molar-refractivity contribution in [3.05, 3.63) is 41.9 Å². The van der Waals surface area contributed by atoms with Crippen molar-refractivity contribution in [2.24, 2.45) is 0 Å². The molecule has 0 aliphatic carbocycles. The van der Waals surface area contributed by atoms with E-state index in [0.717, 1.165) is 17.0 Å². The molecule has 1 aromatic carbocycles. The minimum absolute atomic E-state index is 0.347. The summed E-state index contributed by atoms with van der Waals surface area (Å²) in [6.45, 7) is 0.580. The van der Waals surface area contributed by atoms with Gasteiger partial charge in [0.05, 0.1) is 18.9 Å². The second-order valence-corrected chi connectivity index (χ2v) is 4.32. The van der Waals surface area contributed by atoms with Crippen molar-refractivity contribution in [2.75, 3.05) is 7.11 Å². The second kappa shape index (κ2) is 6.53. The third kappa shape index (κ3) is 3.23. The Kier molecular flexibility index (Phi) is 4.51. The van der Waals surface area contributed by atoms with E-state index in [9.17, 15) is 0 Å². The molecule has 5 nitrogen and oxygen atoms in total. The molecule has 0 radical (unpaired) electrons. The van der Waals surface area contributed by atoms with Gasteiger partial charge >= 0.3 is 0 Å². The highest BCUT2D eigenvalue weighted by Gasteiger charge is 2.02. The Hall–Kier alpha value is -2.61. The lowest BCUT2D eigenvalue weighted by Gasteiger charge is -2.08.